The Kier molecular flexibility index (Phi) is 11.0. The average molecular weight is 772 g/mol. The summed E-state index contributed by atoms with van der Waals surface area (Å²) in [6, 6.07) is 24.3. The van der Waals surface area contributed by atoms with Crippen LogP contribution in [-0.4, -0.2) is 43.4 Å². The summed E-state index contributed by atoms with van der Waals surface area (Å²) >= 11 is 4.86. The van der Waals surface area contributed by atoms with E-state index in [9.17, 15) is 14.4 Å². The fraction of sp³-hybridized carbons (Fsp3) is 0.231. The molecule has 0 N–H and O–H groups in total. The van der Waals surface area contributed by atoms with Crippen LogP contribution in [0, 0.1) is 0 Å². The normalized spacial score (nSPS) is 14.1. The Balaban J connectivity index is 1.34. The topological polar surface area (TPSA) is 115 Å². The molecule has 0 aliphatic carbocycles. The minimum absolute atomic E-state index is 0.147. The van der Waals surface area contributed by atoms with Gasteiger partial charge in [0, 0.05) is 0 Å². The molecular formula is C39H35BrN2O8S. The summed E-state index contributed by atoms with van der Waals surface area (Å²) in [7, 11) is 1.27. The van der Waals surface area contributed by atoms with Crippen molar-refractivity contribution in [3.05, 3.63) is 131 Å². The van der Waals surface area contributed by atoms with Gasteiger partial charge >= 0.3 is 11.9 Å². The fourth-order valence-electron chi connectivity index (χ4n) is 5.75. The third kappa shape index (κ3) is 7.77. The highest BCUT2D eigenvalue weighted by Gasteiger charge is 2.34. The van der Waals surface area contributed by atoms with E-state index in [0.717, 1.165) is 21.0 Å². The summed E-state index contributed by atoms with van der Waals surface area (Å²) in [5, 5.41) is 2.32. The van der Waals surface area contributed by atoms with Gasteiger partial charge in [0.1, 0.15) is 12.4 Å². The number of benzene rings is 4. The SMILES string of the molecule is CCOC(=O)C1=C(C)N=c2s/c(=C\c3ccc(OCc4ccc5ccccc5c4)c(Br)c3)c(=O)n2[C@@H]1c1ccc(OCC(=O)OC)c(OCC)c1. The van der Waals surface area contributed by atoms with Crippen molar-refractivity contribution in [3.63, 3.8) is 0 Å². The maximum atomic E-state index is 14.2. The molecule has 12 heteroatoms. The van der Waals surface area contributed by atoms with Crippen molar-refractivity contribution in [3.8, 4) is 17.2 Å². The first kappa shape index (κ1) is 35.6. The number of fused-ring (bicyclic) bond motifs is 2. The van der Waals surface area contributed by atoms with E-state index in [2.05, 4.69) is 51.3 Å². The quantitative estimate of drug-likeness (QED) is 0.137. The summed E-state index contributed by atoms with van der Waals surface area (Å²) < 4.78 is 30.4. The maximum Gasteiger partial charge on any atom is 0.343 e. The maximum absolute atomic E-state index is 14.2. The minimum Gasteiger partial charge on any atom is -0.490 e. The average Bonchev–Trinajstić information content (AvgIpc) is 3.43. The molecule has 1 atom stereocenters. The van der Waals surface area contributed by atoms with Gasteiger partial charge in [-0.2, -0.15) is 0 Å². The zero-order valence-electron chi connectivity index (χ0n) is 28.4. The van der Waals surface area contributed by atoms with Crippen LogP contribution in [0.2, 0.25) is 0 Å². The lowest BCUT2D eigenvalue weighted by Crippen LogP contribution is -2.40. The number of allylic oxidation sites excluding steroid dienone is 1. The van der Waals surface area contributed by atoms with Crippen LogP contribution in [0.5, 0.6) is 17.2 Å². The standard InChI is InChI=1S/C39H35BrN2O8S/c1-5-47-32-20-28(14-16-31(32)50-22-34(43)46-4)36-35(38(45)48-6-2)23(3)41-39-42(36)37(44)33(51-39)19-24-12-15-30(29(40)18-24)49-21-25-11-13-26-9-7-8-10-27(26)17-25/h7-20,36H,5-6,21-22H2,1-4H3/b33-19-/t36-/m1/s1. The van der Waals surface area contributed by atoms with Crippen molar-refractivity contribution in [1.29, 1.82) is 0 Å². The Morgan fingerprint density at radius 2 is 1.69 bits per heavy atom. The van der Waals surface area contributed by atoms with Gasteiger partial charge in [0.2, 0.25) is 0 Å². The van der Waals surface area contributed by atoms with Crippen LogP contribution in [0.1, 0.15) is 43.5 Å². The van der Waals surface area contributed by atoms with Gasteiger partial charge in [0.25, 0.3) is 5.56 Å². The van der Waals surface area contributed by atoms with Crippen molar-refractivity contribution in [1.82, 2.24) is 4.57 Å². The lowest BCUT2D eigenvalue weighted by molar-refractivity contribution is -0.143. The Bertz CT molecular complexity index is 2350. The highest BCUT2D eigenvalue weighted by molar-refractivity contribution is 9.10. The first-order valence-corrected chi connectivity index (χ1v) is 17.9. The number of ether oxygens (including phenoxy) is 5. The molecule has 0 amide bonds. The zero-order chi connectivity index (χ0) is 36.1. The molecule has 2 heterocycles. The predicted octanol–water partition coefficient (Wildman–Crippen LogP) is 6.24. The van der Waals surface area contributed by atoms with Gasteiger partial charge in [0.15, 0.2) is 22.9 Å². The number of nitrogens with zero attached hydrogens (tertiary/aromatic N) is 2. The number of halogens is 1. The van der Waals surface area contributed by atoms with Gasteiger partial charge in [-0.05, 0) is 101 Å². The number of methoxy groups -OCH3 is 1. The molecule has 5 aromatic rings. The summed E-state index contributed by atoms with van der Waals surface area (Å²) in [4.78, 5) is 44.4. The van der Waals surface area contributed by atoms with E-state index < -0.39 is 18.0 Å². The van der Waals surface area contributed by atoms with E-state index in [1.807, 2.05) is 37.3 Å². The highest BCUT2D eigenvalue weighted by atomic mass is 79.9. The van der Waals surface area contributed by atoms with Crippen LogP contribution in [0.25, 0.3) is 16.8 Å². The molecular weight excluding hydrogens is 736 g/mol. The van der Waals surface area contributed by atoms with Gasteiger partial charge in [0.05, 0.1) is 46.6 Å². The van der Waals surface area contributed by atoms with Crippen LogP contribution in [0.15, 0.2) is 104 Å². The van der Waals surface area contributed by atoms with E-state index in [1.54, 1.807) is 38.1 Å². The highest BCUT2D eigenvalue weighted by Crippen LogP contribution is 2.36. The summed E-state index contributed by atoms with van der Waals surface area (Å²) in [6.45, 7) is 5.80. The number of carbonyl (C=O) groups excluding carboxylic acids is 2. The van der Waals surface area contributed by atoms with Gasteiger partial charge < -0.3 is 23.7 Å². The predicted molar refractivity (Wildman–Crippen MR) is 198 cm³/mol. The molecule has 51 heavy (non-hydrogen) atoms. The Morgan fingerprint density at radius 1 is 0.902 bits per heavy atom. The van der Waals surface area contributed by atoms with Gasteiger partial charge in [-0.3, -0.25) is 9.36 Å². The third-order valence-corrected chi connectivity index (χ3v) is 9.74. The first-order valence-electron chi connectivity index (χ1n) is 16.3. The lowest BCUT2D eigenvalue weighted by atomic mass is 9.95. The van der Waals surface area contributed by atoms with Crippen molar-refractivity contribution >= 4 is 56.1 Å². The van der Waals surface area contributed by atoms with Gasteiger partial charge in [-0.1, -0.05) is 59.9 Å². The van der Waals surface area contributed by atoms with E-state index >= 15 is 0 Å². The monoisotopic (exact) mass is 770 g/mol. The summed E-state index contributed by atoms with van der Waals surface area (Å²) in [5.74, 6) is 0.191. The molecule has 4 aromatic carbocycles. The van der Waals surface area contributed by atoms with Crippen molar-refractivity contribution in [2.24, 2.45) is 4.99 Å². The number of rotatable bonds is 12. The lowest BCUT2D eigenvalue weighted by Gasteiger charge is -2.25. The van der Waals surface area contributed by atoms with Gasteiger partial charge in [-0.25, -0.2) is 14.6 Å². The molecule has 0 saturated heterocycles. The van der Waals surface area contributed by atoms with Crippen molar-refractivity contribution in [2.45, 2.75) is 33.4 Å². The molecule has 0 saturated carbocycles. The molecule has 0 fully saturated rings. The molecule has 262 valence electrons. The second-order valence-electron chi connectivity index (χ2n) is 11.5. The Morgan fingerprint density at radius 3 is 2.43 bits per heavy atom. The molecule has 6 rings (SSSR count). The molecule has 1 aromatic heterocycles. The largest absolute Gasteiger partial charge is 0.490 e. The first-order chi connectivity index (χ1) is 24.7. The van der Waals surface area contributed by atoms with Gasteiger partial charge in [-0.15, -0.1) is 0 Å². The second-order valence-corrected chi connectivity index (χ2v) is 13.3. The number of carbonyl (C=O) groups is 2. The molecule has 0 radical (unpaired) electrons. The van der Waals surface area contributed by atoms with Crippen LogP contribution >= 0.6 is 27.3 Å². The second kappa shape index (κ2) is 15.8. The van der Waals surface area contributed by atoms with Crippen LogP contribution in [-0.2, 0) is 25.7 Å². The minimum atomic E-state index is -0.867. The van der Waals surface area contributed by atoms with Crippen LogP contribution in [0.3, 0.4) is 0 Å². The fourth-order valence-corrected chi connectivity index (χ4v) is 7.31. The molecule has 0 unspecified atom stereocenters. The molecule has 0 bridgehead atoms. The summed E-state index contributed by atoms with van der Waals surface area (Å²) in [5.41, 5.74) is 2.74. The molecule has 1 aliphatic heterocycles. The van der Waals surface area contributed by atoms with E-state index in [-0.39, 0.29) is 24.3 Å². The number of hydrogen-bond donors (Lipinski definition) is 0. The summed E-state index contributed by atoms with van der Waals surface area (Å²) in [6.07, 6.45) is 1.79. The third-order valence-electron chi connectivity index (χ3n) is 8.14. The van der Waals surface area contributed by atoms with Crippen molar-refractivity contribution in [2.75, 3.05) is 26.9 Å². The number of hydrogen-bond acceptors (Lipinski definition) is 10. The molecule has 0 spiro atoms. The Hall–Kier alpha value is -5.20. The number of thiazole rings is 1. The number of aromatic nitrogens is 1. The smallest absolute Gasteiger partial charge is 0.343 e. The number of esters is 2. The van der Waals surface area contributed by atoms with Crippen molar-refractivity contribution < 1.29 is 33.3 Å². The Labute approximate surface area is 306 Å². The molecule has 10 nitrogen and oxygen atoms in total. The van der Waals surface area contributed by atoms with Crippen LogP contribution in [0.4, 0.5) is 0 Å². The van der Waals surface area contributed by atoms with E-state index in [4.69, 9.17) is 23.7 Å². The zero-order valence-corrected chi connectivity index (χ0v) is 30.8. The van der Waals surface area contributed by atoms with E-state index in [1.165, 1.54) is 28.4 Å². The van der Waals surface area contributed by atoms with Crippen LogP contribution < -0.4 is 29.1 Å². The van der Waals surface area contributed by atoms with E-state index in [0.29, 0.717) is 51.1 Å². The molecule has 1 aliphatic rings.